The van der Waals surface area contributed by atoms with Crippen LogP contribution in [0.3, 0.4) is 0 Å². The van der Waals surface area contributed by atoms with Crippen molar-refractivity contribution in [1.82, 2.24) is 0 Å². The molecule has 20 heavy (non-hydrogen) atoms. The minimum atomic E-state index is -0.325. The lowest BCUT2D eigenvalue weighted by molar-refractivity contribution is -0.113. The molecule has 3 nitrogen and oxygen atoms in total. The first kappa shape index (κ1) is 14.4. The van der Waals surface area contributed by atoms with Crippen LogP contribution in [0.25, 0.3) is 0 Å². The van der Waals surface area contributed by atoms with E-state index in [1.165, 1.54) is 36.0 Å². The van der Waals surface area contributed by atoms with E-state index in [-0.39, 0.29) is 17.5 Å². The van der Waals surface area contributed by atoms with Gasteiger partial charge in [-0.25, -0.2) is 4.39 Å². The Morgan fingerprint density at radius 3 is 2.70 bits per heavy atom. The molecule has 1 amide bonds. The number of ether oxygens (including phenoxy) is 1. The number of carbonyl (C=O) groups is 1. The van der Waals surface area contributed by atoms with Gasteiger partial charge in [-0.3, -0.25) is 4.79 Å². The molecule has 0 aliphatic heterocycles. The van der Waals surface area contributed by atoms with Gasteiger partial charge in [0.1, 0.15) is 11.6 Å². The van der Waals surface area contributed by atoms with Crippen LogP contribution in [0.15, 0.2) is 53.4 Å². The fraction of sp³-hybridized carbons (Fsp3) is 0.133. The van der Waals surface area contributed by atoms with Crippen LogP contribution in [0.1, 0.15) is 0 Å². The molecule has 5 heteroatoms. The van der Waals surface area contributed by atoms with Crippen LogP contribution >= 0.6 is 11.8 Å². The predicted molar refractivity (Wildman–Crippen MR) is 78.7 cm³/mol. The van der Waals surface area contributed by atoms with Crippen LogP contribution in [0.4, 0.5) is 10.1 Å². The Morgan fingerprint density at radius 1 is 1.25 bits per heavy atom. The highest BCUT2D eigenvalue weighted by atomic mass is 32.2. The first-order valence-electron chi connectivity index (χ1n) is 5.99. The maximum atomic E-state index is 12.7. The molecular weight excluding hydrogens is 277 g/mol. The van der Waals surface area contributed by atoms with Gasteiger partial charge in [-0.2, -0.15) is 0 Å². The van der Waals surface area contributed by atoms with Crippen LogP contribution in [0.5, 0.6) is 5.75 Å². The van der Waals surface area contributed by atoms with E-state index in [9.17, 15) is 9.18 Å². The summed E-state index contributed by atoms with van der Waals surface area (Å²) in [4.78, 5) is 12.7. The second kappa shape index (κ2) is 6.96. The Kier molecular flexibility index (Phi) is 5.01. The van der Waals surface area contributed by atoms with Gasteiger partial charge in [0, 0.05) is 10.6 Å². The van der Waals surface area contributed by atoms with Crippen molar-refractivity contribution in [1.29, 1.82) is 0 Å². The molecule has 0 saturated heterocycles. The van der Waals surface area contributed by atoms with Crippen molar-refractivity contribution >= 4 is 23.4 Å². The maximum Gasteiger partial charge on any atom is 0.234 e. The normalized spacial score (nSPS) is 10.1. The molecule has 0 saturated carbocycles. The van der Waals surface area contributed by atoms with E-state index in [0.29, 0.717) is 5.69 Å². The standard InChI is InChI=1S/C15H14FNO2S/c1-19-13-3-2-4-14(9-13)20-10-15(18)17-12-7-5-11(16)6-8-12/h2-9H,10H2,1H3,(H,17,18). The third-order valence-corrected chi connectivity index (χ3v) is 3.53. The van der Waals surface area contributed by atoms with Gasteiger partial charge < -0.3 is 10.1 Å². The quantitative estimate of drug-likeness (QED) is 0.856. The van der Waals surface area contributed by atoms with E-state index in [1.807, 2.05) is 24.3 Å². The SMILES string of the molecule is COc1cccc(SCC(=O)Nc2ccc(F)cc2)c1. The lowest BCUT2D eigenvalue weighted by atomic mass is 10.3. The first-order valence-corrected chi connectivity index (χ1v) is 6.98. The molecule has 0 bridgehead atoms. The molecule has 0 unspecified atom stereocenters. The van der Waals surface area contributed by atoms with E-state index in [2.05, 4.69) is 5.32 Å². The van der Waals surface area contributed by atoms with E-state index >= 15 is 0 Å². The van der Waals surface area contributed by atoms with Gasteiger partial charge in [-0.05, 0) is 42.5 Å². The number of nitrogens with one attached hydrogen (secondary N) is 1. The van der Waals surface area contributed by atoms with Crippen molar-refractivity contribution in [2.45, 2.75) is 4.90 Å². The fourth-order valence-electron chi connectivity index (χ4n) is 1.57. The predicted octanol–water partition coefficient (Wildman–Crippen LogP) is 3.57. The van der Waals surface area contributed by atoms with Gasteiger partial charge in [0.25, 0.3) is 0 Å². The van der Waals surface area contributed by atoms with E-state index in [4.69, 9.17) is 4.74 Å². The molecular formula is C15H14FNO2S. The van der Waals surface area contributed by atoms with Gasteiger partial charge in [-0.1, -0.05) is 6.07 Å². The fourth-order valence-corrected chi connectivity index (χ4v) is 2.31. The zero-order chi connectivity index (χ0) is 14.4. The Labute approximate surface area is 121 Å². The van der Waals surface area contributed by atoms with Crippen LogP contribution in [0.2, 0.25) is 0 Å². The Balaban J connectivity index is 1.87. The summed E-state index contributed by atoms with van der Waals surface area (Å²) in [6, 6.07) is 13.2. The van der Waals surface area contributed by atoms with Crippen molar-refractivity contribution in [2.24, 2.45) is 0 Å². The van der Waals surface area contributed by atoms with Crippen LogP contribution in [0, 0.1) is 5.82 Å². The zero-order valence-electron chi connectivity index (χ0n) is 10.9. The average Bonchev–Trinajstić information content (AvgIpc) is 2.48. The smallest absolute Gasteiger partial charge is 0.234 e. The van der Waals surface area contributed by atoms with Crippen LogP contribution in [-0.2, 0) is 4.79 Å². The topological polar surface area (TPSA) is 38.3 Å². The largest absolute Gasteiger partial charge is 0.497 e. The number of amides is 1. The maximum absolute atomic E-state index is 12.7. The molecule has 0 aliphatic rings. The van der Waals surface area contributed by atoms with E-state index in [1.54, 1.807) is 7.11 Å². The summed E-state index contributed by atoms with van der Waals surface area (Å²) in [5.74, 6) is 0.581. The molecule has 0 fully saturated rings. The van der Waals surface area contributed by atoms with Gasteiger partial charge in [0.15, 0.2) is 0 Å². The van der Waals surface area contributed by atoms with Gasteiger partial charge in [0.2, 0.25) is 5.91 Å². The lowest BCUT2D eigenvalue weighted by Gasteiger charge is -2.06. The van der Waals surface area contributed by atoms with Crippen molar-refractivity contribution < 1.29 is 13.9 Å². The highest BCUT2D eigenvalue weighted by Gasteiger charge is 2.04. The molecule has 104 valence electrons. The first-order chi connectivity index (χ1) is 9.67. The molecule has 0 heterocycles. The molecule has 0 atom stereocenters. The van der Waals surface area contributed by atoms with Gasteiger partial charge in [0.05, 0.1) is 12.9 Å². The monoisotopic (exact) mass is 291 g/mol. The molecule has 2 aromatic rings. The number of halogens is 1. The van der Waals surface area contributed by atoms with Crippen LogP contribution in [-0.4, -0.2) is 18.8 Å². The van der Waals surface area contributed by atoms with Crippen molar-refractivity contribution in [2.75, 3.05) is 18.2 Å². The van der Waals surface area contributed by atoms with Crippen molar-refractivity contribution in [3.8, 4) is 5.75 Å². The number of anilines is 1. The zero-order valence-corrected chi connectivity index (χ0v) is 11.7. The minimum absolute atomic E-state index is 0.135. The van der Waals surface area contributed by atoms with Gasteiger partial charge >= 0.3 is 0 Å². The second-order valence-corrected chi connectivity index (χ2v) is 5.07. The summed E-state index contributed by atoms with van der Waals surface area (Å²) < 4.78 is 17.9. The van der Waals surface area contributed by atoms with E-state index in [0.717, 1.165) is 10.6 Å². The van der Waals surface area contributed by atoms with Gasteiger partial charge in [-0.15, -0.1) is 11.8 Å². The molecule has 2 aromatic carbocycles. The molecule has 1 N–H and O–H groups in total. The molecule has 0 aliphatic carbocycles. The van der Waals surface area contributed by atoms with E-state index < -0.39 is 0 Å². The molecule has 0 radical (unpaired) electrons. The average molecular weight is 291 g/mol. The number of methoxy groups -OCH3 is 1. The number of rotatable bonds is 5. The Morgan fingerprint density at radius 2 is 2.00 bits per heavy atom. The highest BCUT2D eigenvalue weighted by Crippen LogP contribution is 2.22. The third kappa shape index (κ3) is 4.28. The second-order valence-electron chi connectivity index (χ2n) is 4.02. The summed E-state index contributed by atoms with van der Waals surface area (Å²) in [6.45, 7) is 0. The highest BCUT2D eigenvalue weighted by molar-refractivity contribution is 8.00. The molecule has 0 aromatic heterocycles. The lowest BCUT2D eigenvalue weighted by Crippen LogP contribution is -2.13. The summed E-state index contributed by atoms with van der Waals surface area (Å²) in [7, 11) is 1.60. The number of hydrogen-bond donors (Lipinski definition) is 1. The number of benzene rings is 2. The molecule has 2 rings (SSSR count). The van der Waals surface area contributed by atoms with Crippen LogP contribution < -0.4 is 10.1 Å². The number of hydrogen-bond acceptors (Lipinski definition) is 3. The van der Waals surface area contributed by atoms with Crippen molar-refractivity contribution in [3.05, 3.63) is 54.3 Å². The van der Waals surface area contributed by atoms with Crippen molar-refractivity contribution in [3.63, 3.8) is 0 Å². The summed E-state index contributed by atoms with van der Waals surface area (Å²) in [6.07, 6.45) is 0. The third-order valence-electron chi connectivity index (χ3n) is 2.54. The summed E-state index contributed by atoms with van der Waals surface area (Å²) in [5, 5.41) is 2.71. The Bertz CT molecular complexity index is 587. The Hall–Kier alpha value is -2.01. The minimum Gasteiger partial charge on any atom is -0.497 e. The number of carbonyl (C=O) groups excluding carboxylic acids is 1. The molecule has 0 spiro atoms. The summed E-state index contributed by atoms with van der Waals surface area (Å²) in [5.41, 5.74) is 0.586. The summed E-state index contributed by atoms with van der Waals surface area (Å²) >= 11 is 1.41. The number of thioether (sulfide) groups is 1.